The molecule has 0 aliphatic heterocycles. The van der Waals surface area contributed by atoms with Crippen molar-refractivity contribution in [3.05, 3.63) is 58.9 Å². The van der Waals surface area contributed by atoms with Gasteiger partial charge in [0.15, 0.2) is 11.5 Å². The first-order valence-corrected chi connectivity index (χ1v) is 9.17. The molecule has 0 radical (unpaired) electrons. The summed E-state index contributed by atoms with van der Waals surface area (Å²) in [5, 5.41) is 1.18. The third-order valence-corrected chi connectivity index (χ3v) is 5.53. The first-order valence-electron chi connectivity index (χ1n) is 8.35. The Hall–Kier alpha value is -2.20. The molecule has 0 amide bonds. The molecule has 24 heavy (non-hydrogen) atoms. The smallest absolute Gasteiger partial charge is 0.198 e. The highest BCUT2D eigenvalue weighted by Crippen LogP contribution is 2.32. The van der Waals surface area contributed by atoms with E-state index >= 15 is 0 Å². The zero-order valence-electron chi connectivity index (χ0n) is 14.1. The topological polar surface area (TPSA) is 38.9 Å². The third kappa shape index (κ3) is 2.71. The number of hydrogen-bond acceptors (Lipinski definition) is 4. The van der Waals surface area contributed by atoms with Crippen LogP contribution in [0.15, 0.2) is 46.9 Å². The highest BCUT2D eigenvalue weighted by atomic mass is 32.1. The lowest BCUT2D eigenvalue weighted by Gasteiger charge is -2.08. The Morgan fingerprint density at radius 2 is 1.75 bits per heavy atom. The van der Waals surface area contributed by atoms with E-state index in [1.807, 2.05) is 12.1 Å². The van der Waals surface area contributed by atoms with E-state index in [0.717, 1.165) is 28.9 Å². The average Bonchev–Trinajstić information content (AvgIpc) is 3.19. The van der Waals surface area contributed by atoms with Crippen LogP contribution in [0.4, 0.5) is 0 Å². The van der Waals surface area contributed by atoms with Gasteiger partial charge in [-0.05, 0) is 30.2 Å². The number of thiazole rings is 1. The van der Waals surface area contributed by atoms with Crippen LogP contribution in [-0.4, -0.2) is 9.97 Å². The number of oxazole rings is 1. The van der Waals surface area contributed by atoms with Gasteiger partial charge in [0.1, 0.15) is 5.52 Å². The first-order chi connectivity index (χ1) is 11.6. The summed E-state index contributed by atoms with van der Waals surface area (Å²) < 4.78 is 7.28. The summed E-state index contributed by atoms with van der Waals surface area (Å²) in [4.78, 5) is 9.40. The number of aromatic nitrogens is 2. The minimum Gasteiger partial charge on any atom is -0.440 e. The maximum Gasteiger partial charge on any atom is 0.198 e. The number of hydrogen-bond donors (Lipinski definition) is 0. The third-order valence-electron chi connectivity index (χ3n) is 4.27. The second-order valence-corrected chi connectivity index (χ2v) is 7.66. The number of rotatable bonds is 4. The largest absolute Gasteiger partial charge is 0.440 e. The molecule has 3 nitrogen and oxygen atoms in total. The van der Waals surface area contributed by atoms with Gasteiger partial charge in [-0.15, -0.1) is 11.3 Å². The molecule has 2 aromatic carbocycles. The normalized spacial score (nSPS) is 13.2. The highest BCUT2D eigenvalue weighted by Gasteiger charge is 2.17. The fraction of sp³-hybridized carbons (Fsp3) is 0.300. The fourth-order valence-corrected chi connectivity index (χ4v) is 3.97. The van der Waals surface area contributed by atoms with E-state index in [9.17, 15) is 0 Å². The van der Waals surface area contributed by atoms with Gasteiger partial charge >= 0.3 is 0 Å². The van der Waals surface area contributed by atoms with Gasteiger partial charge in [-0.25, -0.2) is 9.97 Å². The SMILES string of the molecule is CC(C)c1nc2cccc(CC(C)c3nc4ccccc4s3)c2o1. The lowest BCUT2D eigenvalue weighted by molar-refractivity contribution is 0.498. The molecule has 1 atom stereocenters. The molecule has 2 aromatic heterocycles. The summed E-state index contributed by atoms with van der Waals surface area (Å²) in [5.74, 6) is 1.46. The monoisotopic (exact) mass is 336 g/mol. The van der Waals surface area contributed by atoms with Crippen molar-refractivity contribution in [2.45, 2.75) is 39.0 Å². The molecule has 0 saturated heterocycles. The zero-order valence-corrected chi connectivity index (χ0v) is 14.9. The predicted molar refractivity (Wildman–Crippen MR) is 99.8 cm³/mol. The molecular formula is C20H20N2OS. The van der Waals surface area contributed by atoms with Crippen molar-refractivity contribution in [1.82, 2.24) is 9.97 Å². The molecule has 0 spiro atoms. The van der Waals surface area contributed by atoms with E-state index in [0.29, 0.717) is 11.8 Å². The second-order valence-electron chi connectivity index (χ2n) is 6.60. The second kappa shape index (κ2) is 6.02. The summed E-state index contributed by atoms with van der Waals surface area (Å²) in [6.45, 7) is 6.44. The molecule has 122 valence electrons. The number of benzene rings is 2. The number of nitrogens with zero attached hydrogens (tertiary/aromatic N) is 2. The van der Waals surface area contributed by atoms with E-state index in [1.165, 1.54) is 15.3 Å². The van der Waals surface area contributed by atoms with Crippen LogP contribution in [0, 0.1) is 0 Å². The molecule has 0 bridgehead atoms. The Kier molecular flexibility index (Phi) is 3.85. The van der Waals surface area contributed by atoms with Gasteiger partial charge in [0.2, 0.25) is 0 Å². The summed E-state index contributed by atoms with van der Waals surface area (Å²) in [5.41, 5.74) is 4.17. The standard InChI is InChI=1S/C20H20N2OS/c1-12(2)19-21-16-9-6-7-14(18(16)23-19)11-13(3)20-22-15-8-4-5-10-17(15)24-20/h4-10,12-13H,11H2,1-3H3. The first kappa shape index (κ1) is 15.3. The van der Waals surface area contributed by atoms with E-state index in [4.69, 9.17) is 9.40 Å². The average molecular weight is 336 g/mol. The van der Waals surface area contributed by atoms with E-state index in [1.54, 1.807) is 11.3 Å². The minimum absolute atomic E-state index is 0.298. The van der Waals surface area contributed by atoms with Crippen LogP contribution in [0.3, 0.4) is 0 Å². The van der Waals surface area contributed by atoms with Crippen LogP contribution in [0.5, 0.6) is 0 Å². The molecule has 0 N–H and O–H groups in total. The molecule has 2 heterocycles. The van der Waals surface area contributed by atoms with Crippen LogP contribution in [0.2, 0.25) is 0 Å². The van der Waals surface area contributed by atoms with Gasteiger partial charge in [-0.3, -0.25) is 0 Å². The van der Waals surface area contributed by atoms with Gasteiger partial charge in [-0.1, -0.05) is 45.0 Å². The van der Waals surface area contributed by atoms with Gasteiger partial charge in [0.25, 0.3) is 0 Å². The van der Waals surface area contributed by atoms with Crippen molar-refractivity contribution in [2.24, 2.45) is 0 Å². The number of para-hydroxylation sites is 2. The molecule has 1 unspecified atom stereocenters. The maximum atomic E-state index is 6.03. The Morgan fingerprint density at radius 1 is 0.958 bits per heavy atom. The lowest BCUT2D eigenvalue weighted by Crippen LogP contribution is -1.98. The Labute approximate surface area is 145 Å². The van der Waals surface area contributed by atoms with Crippen molar-refractivity contribution in [1.29, 1.82) is 0 Å². The lowest BCUT2D eigenvalue weighted by atomic mass is 10.0. The van der Waals surface area contributed by atoms with Crippen molar-refractivity contribution in [3.63, 3.8) is 0 Å². The number of fused-ring (bicyclic) bond motifs is 2. The van der Waals surface area contributed by atoms with Crippen LogP contribution >= 0.6 is 11.3 Å². The zero-order chi connectivity index (χ0) is 16.7. The van der Waals surface area contributed by atoms with Gasteiger partial charge in [0, 0.05) is 11.8 Å². The Bertz CT molecular complexity index is 966. The fourth-order valence-electron chi connectivity index (χ4n) is 2.95. The Morgan fingerprint density at radius 3 is 2.54 bits per heavy atom. The van der Waals surface area contributed by atoms with Crippen molar-refractivity contribution < 1.29 is 4.42 Å². The quantitative estimate of drug-likeness (QED) is 0.465. The summed E-state index contributed by atoms with van der Waals surface area (Å²) in [6, 6.07) is 14.5. The van der Waals surface area contributed by atoms with Crippen LogP contribution in [0.25, 0.3) is 21.3 Å². The van der Waals surface area contributed by atoms with E-state index in [-0.39, 0.29) is 0 Å². The van der Waals surface area contributed by atoms with Gasteiger partial charge in [0.05, 0.1) is 15.2 Å². The van der Waals surface area contributed by atoms with Gasteiger partial charge in [-0.2, -0.15) is 0 Å². The Balaban J connectivity index is 1.67. The van der Waals surface area contributed by atoms with Crippen LogP contribution < -0.4 is 0 Å². The molecule has 4 rings (SSSR count). The maximum absolute atomic E-state index is 6.03. The van der Waals surface area contributed by atoms with Crippen molar-refractivity contribution in [2.75, 3.05) is 0 Å². The summed E-state index contributed by atoms with van der Waals surface area (Å²) >= 11 is 1.78. The van der Waals surface area contributed by atoms with Crippen molar-refractivity contribution >= 4 is 32.7 Å². The highest BCUT2D eigenvalue weighted by molar-refractivity contribution is 7.18. The van der Waals surface area contributed by atoms with Gasteiger partial charge < -0.3 is 4.42 Å². The summed E-state index contributed by atoms with van der Waals surface area (Å²) in [6.07, 6.45) is 0.907. The molecule has 4 heteroatoms. The predicted octanol–water partition coefficient (Wildman–Crippen LogP) is 5.91. The minimum atomic E-state index is 0.298. The summed E-state index contributed by atoms with van der Waals surface area (Å²) in [7, 11) is 0. The molecule has 0 saturated carbocycles. The van der Waals surface area contributed by atoms with Crippen molar-refractivity contribution in [3.8, 4) is 0 Å². The van der Waals surface area contributed by atoms with Crippen LogP contribution in [-0.2, 0) is 6.42 Å². The molecule has 0 fully saturated rings. The molecule has 0 aliphatic carbocycles. The molecular weight excluding hydrogens is 316 g/mol. The van der Waals surface area contributed by atoms with Crippen LogP contribution in [0.1, 0.15) is 49.1 Å². The van der Waals surface area contributed by atoms with E-state index in [2.05, 4.69) is 56.1 Å². The molecule has 4 aromatic rings. The van der Waals surface area contributed by atoms with E-state index < -0.39 is 0 Å². The molecule has 0 aliphatic rings.